The van der Waals surface area contributed by atoms with Crippen molar-refractivity contribution in [1.82, 2.24) is 19.7 Å². The highest BCUT2D eigenvalue weighted by Crippen LogP contribution is 2.27. The Morgan fingerprint density at radius 2 is 1.93 bits per heavy atom. The largest absolute Gasteiger partial charge is 0.348 e. The SMILES string of the molecule is Cc1ccc(C(=O)c2cc(-n3cc(Cc4ncc[nH]4)c4ccccc43)on2)cc1.Cl. The number of imidazole rings is 1. The number of fused-ring (bicyclic) bond motifs is 1. The van der Waals surface area contributed by atoms with Gasteiger partial charge in [0.15, 0.2) is 5.69 Å². The Bertz CT molecular complexity index is 1300. The Labute approximate surface area is 179 Å². The van der Waals surface area contributed by atoms with Crippen LogP contribution in [0.15, 0.2) is 77.7 Å². The molecule has 0 bridgehead atoms. The summed E-state index contributed by atoms with van der Waals surface area (Å²) in [6, 6.07) is 17.2. The van der Waals surface area contributed by atoms with E-state index in [0.717, 1.165) is 27.9 Å². The first-order chi connectivity index (χ1) is 14.2. The van der Waals surface area contributed by atoms with Gasteiger partial charge < -0.3 is 9.51 Å². The summed E-state index contributed by atoms with van der Waals surface area (Å²) >= 11 is 0. The molecular weight excluding hydrogens is 400 g/mol. The van der Waals surface area contributed by atoms with E-state index in [1.54, 1.807) is 24.4 Å². The number of hydrogen-bond acceptors (Lipinski definition) is 4. The number of nitrogens with one attached hydrogen (secondary N) is 1. The lowest BCUT2D eigenvalue weighted by Crippen LogP contribution is -2.01. The van der Waals surface area contributed by atoms with E-state index in [4.69, 9.17) is 4.52 Å². The predicted molar refractivity (Wildman–Crippen MR) is 117 cm³/mol. The highest BCUT2D eigenvalue weighted by atomic mass is 35.5. The van der Waals surface area contributed by atoms with Gasteiger partial charge in [-0.15, -0.1) is 12.4 Å². The van der Waals surface area contributed by atoms with Crippen molar-refractivity contribution in [3.05, 3.63) is 101 Å². The van der Waals surface area contributed by atoms with Gasteiger partial charge in [0, 0.05) is 42.0 Å². The Balaban J connectivity index is 0.00000218. The van der Waals surface area contributed by atoms with Crippen molar-refractivity contribution in [1.29, 1.82) is 0 Å². The molecule has 0 spiro atoms. The fraction of sp³-hybridized carbons (Fsp3) is 0.0870. The molecule has 3 aromatic heterocycles. The zero-order chi connectivity index (χ0) is 19.8. The lowest BCUT2D eigenvalue weighted by atomic mass is 10.1. The van der Waals surface area contributed by atoms with Crippen LogP contribution in [0.5, 0.6) is 0 Å². The molecule has 150 valence electrons. The molecule has 0 aliphatic heterocycles. The summed E-state index contributed by atoms with van der Waals surface area (Å²) in [5.41, 5.74) is 4.07. The second-order valence-corrected chi connectivity index (χ2v) is 7.00. The second-order valence-electron chi connectivity index (χ2n) is 7.00. The third-order valence-electron chi connectivity index (χ3n) is 4.99. The van der Waals surface area contributed by atoms with Gasteiger partial charge in [-0.25, -0.2) is 4.98 Å². The van der Waals surface area contributed by atoms with Crippen molar-refractivity contribution < 1.29 is 9.32 Å². The molecule has 0 amide bonds. The maximum absolute atomic E-state index is 12.7. The number of hydrogen-bond donors (Lipinski definition) is 1. The highest BCUT2D eigenvalue weighted by molar-refractivity contribution is 6.07. The van der Waals surface area contributed by atoms with Crippen LogP contribution in [0.1, 0.15) is 33.0 Å². The Morgan fingerprint density at radius 3 is 2.70 bits per heavy atom. The summed E-state index contributed by atoms with van der Waals surface area (Å²) in [5.74, 6) is 1.23. The fourth-order valence-electron chi connectivity index (χ4n) is 3.49. The maximum atomic E-state index is 12.7. The summed E-state index contributed by atoms with van der Waals surface area (Å²) in [6.07, 6.45) is 6.24. The van der Waals surface area contributed by atoms with Crippen molar-refractivity contribution >= 4 is 29.1 Å². The third kappa shape index (κ3) is 3.53. The minimum Gasteiger partial charge on any atom is -0.348 e. The van der Waals surface area contributed by atoms with Gasteiger partial charge in [-0.2, -0.15) is 0 Å². The summed E-state index contributed by atoms with van der Waals surface area (Å²) in [6.45, 7) is 1.99. The van der Waals surface area contributed by atoms with Gasteiger partial charge in [0.1, 0.15) is 5.82 Å². The number of aryl methyl sites for hydroxylation is 1. The molecule has 6 nitrogen and oxygen atoms in total. The Hall–Kier alpha value is -3.64. The number of benzene rings is 2. The number of aromatic amines is 1. The van der Waals surface area contributed by atoms with E-state index in [1.165, 1.54) is 0 Å². The molecule has 7 heteroatoms. The molecular formula is C23H19ClN4O2. The molecule has 0 unspecified atom stereocenters. The summed E-state index contributed by atoms with van der Waals surface area (Å²) in [5, 5.41) is 5.12. The van der Waals surface area contributed by atoms with E-state index in [2.05, 4.69) is 21.2 Å². The van der Waals surface area contributed by atoms with E-state index in [1.807, 2.05) is 54.2 Å². The minimum absolute atomic E-state index is 0. The van der Waals surface area contributed by atoms with Crippen molar-refractivity contribution in [2.24, 2.45) is 0 Å². The van der Waals surface area contributed by atoms with Gasteiger partial charge in [0.2, 0.25) is 11.7 Å². The van der Waals surface area contributed by atoms with E-state index in [9.17, 15) is 4.79 Å². The summed E-state index contributed by atoms with van der Waals surface area (Å²) in [4.78, 5) is 20.2. The first-order valence-corrected chi connectivity index (χ1v) is 9.35. The lowest BCUT2D eigenvalue weighted by Gasteiger charge is -1.98. The molecule has 0 aliphatic rings. The van der Waals surface area contributed by atoms with Crippen molar-refractivity contribution in [2.75, 3.05) is 0 Å². The van der Waals surface area contributed by atoms with Gasteiger partial charge in [0.05, 0.1) is 5.52 Å². The van der Waals surface area contributed by atoms with Crippen LogP contribution in [-0.2, 0) is 6.42 Å². The summed E-state index contributed by atoms with van der Waals surface area (Å²) < 4.78 is 7.47. The number of ketones is 1. The van der Waals surface area contributed by atoms with Crippen molar-refractivity contribution in [3.63, 3.8) is 0 Å². The Morgan fingerprint density at radius 1 is 1.13 bits per heavy atom. The predicted octanol–water partition coefficient (Wildman–Crippen LogP) is 4.89. The van der Waals surface area contributed by atoms with Crippen LogP contribution in [0, 0.1) is 6.92 Å². The van der Waals surface area contributed by atoms with Gasteiger partial charge >= 0.3 is 0 Å². The molecule has 2 aromatic carbocycles. The molecule has 5 aromatic rings. The number of para-hydroxylation sites is 1. The van der Waals surface area contributed by atoms with Crippen molar-refractivity contribution in [3.8, 4) is 5.88 Å². The summed E-state index contributed by atoms with van der Waals surface area (Å²) in [7, 11) is 0. The normalized spacial score (nSPS) is 10.8. The first kappa shape index (κ1) is 19.7. The Kier molecular flexibility index (Phi) is 5.25. The molecule has 3 heterocycles. The van der Waals surface area contributed by atoms with Crippen LogP contribution in [0.3, 0.4) is 0 Å². The second kappa shape index (κ2) is 8.00. The first-order valence-electron chi connectivity index (χ1n) is 9.35. The van der Waals surface area contributed by atoms with Gasteiger partial charge in [0.25, 0.3) is 0 Å². The number of H-pyrrole nitrogens is 1. The van der Waals surface area contributed by atoms with Crippen molar-refractivity contribution in [2.45, 2.75) is 13.3 Å². The fourth-order valence-corrected chi connectivity index (χ4v) is 3.49. The number of carbonyl (C=O) groups is 1. The molecule has 0 radical (unpaired) electrons. The monoisotopic (exact) mass is 418 g/mol. The third-order valence-corrected chi connectivity index (χ3v) is 4.99. The lowest BCUT2D eigenvalue weighted by molar-refractivity contribution is 0.103. The molecule has 0 atom stereocenters. The van der Waals surface area contributed by atoms with Gasteiger partial charge in [-0.1, -0.05) is 53.2 Å². The minimum atomic E-state index is -0.160. The van der Waals surface area contributed by atoms with Crippen LogP contribution >= 0.6 is 12.4 Å². The molecule has 1 N–H and O–H groups in total. The zero-order valence-corrected chi connectivity index (χ0v) is 17.0. The molecule has 0 aliphatic carbocycles. The average Bonchev–Trinajstić information content (AvgIpc) is 3.49. The molecule has 5 rings (SSSR count). The van der Waals surface area contributed by atoms with Gasteiger partial charge in [-0.05, 0) is 18.6 Å². The molecule has 0 saturated carbocycles. The highest BCUT2D eigenvalue weighted by Gasteiger charge is 2.18. The quantitative estimate of drug-likeness (QED) is 0.412. The molecule has 30 heavy (non-hydrogen) atoms. The van der Waals surface area contributed by atoms with E-state index >= 15 is 0 Å². The topological polar surface area (TPSA) is 76.7 Å². The average molecular weight is 419 g/mol. The number of rotatable bonds is 5. The standard InChI is InChI=1S/C23H18N4O2.ClH/c1-15-6-8-16(9-7-15)23(28)19-13-22(29-26-19)27-14-17(12-21-24-10-11-25-21)18-4-2-3-5-20(18)27;/h2-11,13-14H,12H2,1H3,(H,24,25);1H. The van der Waals surface area contributed by atoms with Crippen LogP contribution in [0.2, 0.25) is 0 Å². The number of aromatic nitrogens is 4. The number of halogens is 1. The van der Waals surface area contributed by atoms with Gasteiger partial charge in [-0.3, -0.25) is 9.36 Å². The van der Waals surface area contributed by atoms with Crippen LogP contribution in [0.4, 0.5) is 0 Å². The smallest absolute Gasteiger partial charge is 0.236 e. The number of carbonyl (C=O) groups excluding carboxylic acids is 1. The van der Waals surface area contributed by atoms with Crippen LogP contribution in [0.25, 0.3) is 16.8 Å². The van der Waals surface area contributed by atoms with E-state index < -0.39 is 0 Å². The van der Waals surface area contributed by atoms with Crippen LogP contribution in [-0.4, -0.2) is 25.5 Å². The molecule has 0 fully saturated rings. The molecule has 0 saturated heterocycles. The van der Waals surface area contributed by atoms with E-state index in [0.29, 0.717) is 17.9 Å². The van der Waals surface area contributed by atoms with E-state index in [-0.39, 0.29) is 23.9 Å². The zero-order valence-electron chi connectivity index (χ0n) is 16.2. The maximum Gasteiger partial charge on any atom is 0.236 e. The number of nitrogens with zero attached hydrogens (tertiary/aromatic N) is 3. The van der Waals surface area contributed by atoms with Crippen LogP contribution < -0.4 is 0 Å².